The summed E-state index contributed by atoms with van der Waals surface area (Å²) < 4.78 is 0. The highest BCUT2D eigenvalue weighted by Crippen LogP contribution is 2.33. The van der Waals surface area contributed by atoms with Gasteiger partial charge >= 0.3 is 0 Å². The lowest BCUT2D eigenvalue weighted by atomic mass is 9.91. The first-order valence-corrected chi connectivity index (χ1v) is 8.28. The zero-order chi connectivity index (χ0) is 17.2. The second kappa shape index (κ2) is 6.36. The van der Waals surface area contributed by atoms with Crippen molar-refractivity contribution in [3.63, 3.8) is 0 Å². The number of aromatic nitrogens is 5. The Morgan fingerprint density at radius 3 is 2.44 bits per heavy atom. The molecule has 0 aliphatic carbocycles. The number of nitrogens with zero attached hydrogens (tertiary/aromatic N) is 3. The Bertz CT molecular complexity index is 985. The maximum atomic E-state index is 4.14. The van der Waals surface area contributed by atoms with Gasteiger partial charge in [-0.05, 0) is 59.0 Å². The zero-order valence-corrected chi connectivity index (χ0v) is 14.2. The number of H-pyrrole nitrogens is 2. The summed E-state index contributed by atoms with van der Waals surface area (Å²) in [5, 5.41) is 14.5. The van der Waals surface area contributed by atoms with Crippen molar-refractivity contribution in [2.45, 2.75) is 20.3 Å². The first-order chi connectivity index (χ1) is 12.2. The van der Waals surface area contributed by atoms with Gasteiger partial charge in [0.2, 0.25) is 5.82 Å². The molecule has 2 N–H and O–H groups in total. The van der Waals surface area contributed by atoms with E-state index in [1.54, 1.807) is 0 Å². The number of hydrogen-bond acceptors (Lipinski definition) is 3. The Morgan fingerprint density at radius 2 is 1.72 bits per heavy atom. The van der Waals surface area contributed by atoms with Crippen LogP contribution in [0.25, 0.3) is 22.5 Å². The second-order valence-corrected chi connectivity index (χ2v) is 6.25. The lowest BCUT2D eigenvalue weighted by Gasteiger charge is -2.14. The third kappa shape index (κ3) is 2.96. The van der Waals surface area contributed by atoms with Gasteiger partial charge in [-0.1, -0.05) is 36.4 Å². The standard InChI is InChI=1S/C20H19N5/c1-13-11-19(14(2)10-15(13)12-16-6-5-9-21-16)17-7-3-4-8-18(17)20-22-24-25-23-20/h3-11,21H,12H2,1-2H3,(H,22,23,24,25). The molecule has 5 nitrogen and oxygen atoms in total. The van der Waals surface area contributed by atoms with E-state index in [0.717, 1.165) is 17.5 Å². The lowest BCUT2D eigenvalue weighted by Crippen LogP contribution is -1.97. The first kappa shape index (κ1) is 15.3. The molecular formula is C20H19N5. The summed E-state index contributed by atoms with van der Waals surface area (Å²) in [5.41, 5.74) is 8.38. The summed E-state index contributed by atoms with van der Waals surface area (Å²) in [6, 6.07) is 16.9. The van der Waals surface area contributed by atoms with Gasteiger partial charge in [-0.15, -0.1) is 10.2 Å². The van der Waals surface area contributed by atoms with E-state index in [1.807, 2.05) is 30.5 Å². The molecule has 4 rings (SSSR count). The van der Waals surface area contributed by atoms with Crippen LogP contribution in [0.5, 0.6) is 0 Å². The van der Waals surface area contributed by atoms with Crippen molar-refractivity contribution in [2.24, 2.45) is 0 Å². The summed E-state index contributed by atoms with van der Waals surface area (Å²) in [6.45, 7) is 4.32. The van der Waals surface area contributed by atoms with E-state index in [4.69, 9.17) is 0 Å². The fourth-order valence-corrected chi connectivity index (χ4v) is 3.23. The zero-order valence-electron chi connectivity index (χ0n) is 14.2. The van der Waals surface area contributed by atoms with Gasteiger partial charge in [0, 0.05) is 23.9 Å². The summed E-state index contributed by atoms with van der Waals surface area (Å²) in [5.74, 6) is 0.614. The molecule has 124 valence electrons. The molecule has 25 heavy (non-hydrogen) atoms. The molecule has 5 heteroatoms. The van der Waals surface area contributed by atoms with Crippen molar-refractivity contribution in [1.82, 2.24) is 25.6 Å². The van der Waals surface area contributed by atoms with Gasteiger partial charge in [0.25, 0.3) is 0 Å². The van der Waals surface area contributed by atoms with Gasteiger partial charge in [0.15, 0.2) is 0 Å². The highest BCUT2D eigenvalue weighted by atomic mass is 15.5. The van der Waals surface area contributed by atoms with Gasteiger partial charge in [-0.3, -0.25) is 0 Å². The highest BCUT2D eigenvalue weighted by Gasteiger charge is 2.14. The second-order valence-electron chi connectivity index (χ2n) is 6.25. The van der Waals surface area contributed by atoms with Crippen molar-refractivity contribution < 1.29 is 0 Å². The van der Waals surface area contributed by atoms with E-state index in [2.05, 4.69) is 63.7 Å². The van der Waals surface area contributed by atoms with Crippen LogP contribution in [0.15, 0.2) is 54.7 Å². The summed E-state index contributed by atoms with van der Waals surface area (Å²) in [6.07, 6.45) is 2.87. The van der Waals surface area contributed by atoms with E-state index in [1.165, 1.54) is 27.9 Å². The maximum absolute atomic E-state index is 4.14. The maximum Gasteiger partial charge on any atom is 0.205 e. The number of aryl methyl sites for hydroxylation is 2. The Labute approximate surface area is 146 Å². The molecule has 0 fully saturated rings. The molecule has 2 aromatic carbocycles. The molecule has 0 saturated heterocycles. The molecule has 0 bridgehead atoms. The van der Waals surface area contributed by atoms with Gasteiger partial charge in [0.1, 0.15) is 0 Å². The Kier molecular flexibility index (Phi) is 3.90. The Balaban J connectivity index is 1.79. The summed E-state index contributed by atoms with van der Waals surface area (Å²) in [7, 11) is 0. The third-order valence-electron chi connectivity index (χ3n) is 4.53. The third-order valence-corrected chi connectivity index (χ3v) is 4.53. The van der Waals surface area contributed by atoms with Crippen molar-refractivity contribution in [3.8, 4) is 22.5 Å². The van der Waals surface area contributed by atoms with Crippen molar-refractivity contribution >= 4 is 0 Å². The molecule has 0 unspecified atom stereocenters. The predicted octanol–water partition coefficient (Wildman–Crippen LogP) is 4.07. The van der Waals surface area contributed by atoms with Crippen LogP contribution in [0.4, 0.5) is 0 Å². The van der Waals surface area contributed by atoms with Gasteiger partial charge in [-0.25, -0.2) is 0 Å². The lowest BCUT2D eigenvalue weighted by molar-refractivity contribution is 0.881. The van der Waals surface area contributed by atoms with E-state index in [9.17, 15) is 0 Å². The number of rotatable bonds is 4. The van der Waals surface area contributed by atoms with Crippen LogP contribution in [-0.2, 0) is 6.42 Å². The van der Waals surface area contributed by atoms with E-state index >= 15 is 0 Å². The summed E-state index contributed by atoms with van der Waals surface area (Å²) >= 11 is 0. The van der Waals surface area contributed by atoms with Crippen LogP contribution < -0.4 is 0 Å². The molecule has 0 atom stereocenters. The quantitative estimate of drug-likeness (QED) is 0.593. The van der Waals surface area contributed by atoms with Gasteiger partial charge in [0.05, 0.1) is 0 Å². The number of tetrazole rings is 1. The first-order valence-electron chi connectivity index (χ1n) is 8.28. The molecule has 0 aliphatic heterocycles. The van der Waals surface area contributed by atoms with Gasteiger partial charge < -0.3 is 4.98 Å². The molecular weight excluding hydrogens is 310 g/mol. The van der Waals surface area contributed by atoms with Crippen LogP contribution in [0.3, 0.4) is 0 Å². The van der Waals surface area contributed by atoms with Crippen molar-refractivity contribution in [1.29, 1.82) is 0 Å². The van der Waals surface area contributed by atoms with E-state index in [0.29, 0.717) is 5.82 Å². The molecule has 0 saturated carbocycles. The number of benzene rings is 2. The Morgan fingerprint density at radius 1 is 0.880 bits per heavy atom. The molecule has 0 radical (unpaired) electrons. The number of hydrogen-bond donors (Lipinski definition) is 2. The van der Waals surface area contributed by atoms with Crippen LogP contribution in [0, 0.1) is 13.8 Å². The topological polar surface area (TPSA) is 70.2 Å². The van der Waals surface area contributed by atoms with Crippen LogP contribution in [0.1, 0.15) is 22.4 Å². The normalized spacial score (nSPS) is 11.0. The average molecular weight is 329 g/mol. The van der Waals surface area contributed by atoms with Gasteiger partial charge in [-0.2, -0.15) is 5.21 Å². The van der Waals surface area contributed by atoms with Crippen LogP contribution >= 0.6 is 0 Å². The predicted molar refractivity (Wildman–Crippen MR) is 98.1 cm³/mol. The molecule has 2 heterocycles. The SMILES string of the molecule is Cc1cc(-c2ccccc2-c2nn[nH]n2)c(C)cc1Cc1ccc[nH]1. The number of nitrogens with one attached hydrogen (secondary N) is 2. The number of aromatic amines is 2. The van der Waals surface area contributed by atoms with Crippen LogP contribution in [0.2, 0.25) is 0 Å². The molecule has 0 amide bonds. The van der Waals surface area contributed by atoms with E-state index < -0.39 is 0 Å². The fourth-order valence-electron chi connectivity index (χ4n) is 3.23. The minimum absolute atomic E-state index is 0.614. The molecule has 0 aliphatic rings. The minimum atomic E-state index is 0.614. The van der Waals surface area contributed by atoms with Crippen molar-refractivity contribution in [3.05, 3.63) is 77.1 Å². The highest BCUT2D eigenvalue weighted by molar-refractivity contribution is 5.82. The molecule has 2 aromatic heterocycles. The largest absolute Gasteiger partial charge is 0.365 e. The fraction of sp³-hybridized carbons (Fsp3) is 0.150. The average Bonchev–Trinajstić information content (AvgIpc) is 3.31. The minimum Gasteiger partial charge on any atom is -0.365 e. The summed E-state index contributed by atoms with van der Waals surface area (Å²) in [4.78, 5) is 3.28. The Hall–Kier alpha value is -3.21. The van der Waals surface area contributed by atoms with Crippen LogP contribution in [-0.4, -0.2) is 25.6 Å². The monoisotopic (exact) mass is 329 g/mol. The molecule has 0 spiro atoms. The van der Waals surface area contributed by atoms with E-state index in [-0.39, 0.29) is 0 Å². The molecule has 4 aromatic rings. The van der Waals surface area contributed by atoms with Crippen molar-refractivity contribution in [2.75, 3.05) is 0 Å². The smallest absolute Gasteiger partial charge is 0.205 e.